The van der Waals surface area contributed by atoms with E-state index in [9.17, 15) is 4.79 Å². The zero-order chi connectivity index (χ0) is 17.6. The molecule has 3 rings (SSSR count). The summed E-state index contributed by atoms with van der Waals surface area (Å²) in [4.78, 5) is 12.6. The van der Waals surface area contributed by atoms with E-state index in [0.29, 0.717) is 6.42 Å². The zero-order valence-corrected chi connectivity index (χ0v) is 14.5. The van der Waals surface area contributed by atoms with Gasteiger partial charge in [-0.3, -0.25) is 4.79 Å². The number of rotatable bonds is 6. The molecule has 0 saturated carbocycles. The van der Waals surface area contributed by atoms with Gasteiger partial charge in [-0.25, -0.2) is 0 Å². The maximum absolute atomic E-state index is 12.6. The Kier molecular flexibility index (Phi) is 5.19. The fourth-order valence-electron chi connectivity index (χ4n) is 2.82. The van der Waals surface area contributed by atoms with Gasteiger partial charge in [-0.1, -0.05) is 29.8 Å². The van der Waals surface area contributed by atoms with E-state index in [-0.39, 0.29) is 11.9 Å². The molecule has 0 bridgehead atoms. The third kappa shape index (κ3) is 4.29. The molecule has 2 aromatic carbocycles. The molecule has 4 nitrogen and oxygen atoms in total. The van der Waals surface area contributed by atoms with Gasteiger partial charge in [0, 0.05) is 18.1 Å². The van der Waals surface area contributed by atoms with E-state index in [1.165, 1.54) is 5.56 Å². The van der Waals surface area contributed by atoms with Crippen molar-refractivity contribution in [3.63, 3.8) is 0 Å². The van der Waals surface area contributed by atoms with Crippen molar-refractivity contribution in [3.05, 3.63) is 84.2 Å². The molecule has 128 valence electrons. The summed E-state index contributed by atoms with van der Waals surface area (Å²) in [6.45, 7) is 2.02. The monoisotopic (exact) mass is 334 g/mol. The summed E-state index contributed by atoms with van der Waals surface area (Å²) < 4.78 is 7.37. The lowest BCUT2D eigenvalue weighted by atomic mass is 10.0. The number of aromatic nitrogens is 1. The van der Waals surface area contributed by atoms with Crippen LogP contribution in [0.15, 0.2) is 73.1 Å². The van der Waals surface area contributed by atoms with Crippen LogP contribution in [0.4, 0.5) is 5.69 Å². The second-order valence-electron chi connectivity index (χ2n) is 6.04. The summed E-state index contributed by atoms with van der Waals surface area (Å²) in [6, 6.07) is 19.5. The molecule has 0 aliphatic heterocycles. The number of amides is 1. The molecule has 4 heteroatoms. The predicted octanol–water partition coefficient (Wildman–Crippen LogP) is 4.42. The second kappa shape index (κ2) is 7.71. The van der Waals surface area contributed by atoms with Crippen molar-refractivity contribution in [2.75, 3.05) is 12.4 Å². The third-order valence-electron chi connectivity index (χ3n) is 4.18. The zero-order valence-electron chi connectivity index (χ0n) is 14.5. The minimum absolute atomic E-state index is 0.0228. The lowest BCUT2D eigenvalue weighted by Crippen LogP contribution is -2.19. The van der Waals surface area contributed by atoms with Crippen molar-refractivity contribution in [1.29, 1.82) is 0 Å². The van der Waals surface area contributed by atoms with E-state index < -0.39 is 0 Å². The van der Waals surface area contributed by atoms with E-state index in [1.807, 2.05) is 84.5 Å². The Morgan fingerprint density at radius 1 is 1.08 bits per heavy atom. The van der Waals surface area contributed by atoms with E-state index >= 15 is 0 Å². The fraction of sp³-hybridized carbons (Fsp3) is 0.190. The van der Waals surface area contributed by atoms with Crippen LogP contribution >= 0.6 is 0 Å². The first-order valence-electron chi connectivity index (χ1n) is 8.28. The van der Waals surface area contributed by atoms with Crippen LogP contribution in [-0.2, 0) is 4.79 Å². The van der Waals surface area contributed by atoms with Gasteiger partial charge in [-0.05, 0) is 48.9 Å². The van der Waals surface area contributed by atoms with Crippen LogP contribution in [0.5, 0.6) is 5.75 Å². The molecule has 1 N–H and O–H groups in total. The molecular weight excluding hydrogens is 312 g/mol. The van der Waals surface area contributed by atoms with Gasteiger partial charge in [0.15, 0.2) is 0 Å². The topological polar surface area (TPSA) is 43.3 Å². The Bertz CT molecular complexity index is 823. The minimum atomic E-state index is -0.0875. The molecule has 0 spiro atoms. The predicted molar refractivity (Wildman–Crippen MR) is 100.0 cm³/mol. The average Bonchev–Trinajstić information content (AvgIpc) is 3.16. The van der Waals surface area contributed by atoms with Crippen LogP contribution in [0, 0.1) is 6.92 Å². The van der Waals surface area contributed by atoms with Gasteiger partial charge >= 0.3 is 0 Å². The Morgan fingerprint density at radius 3 is 2.48 bits per heavy atom. The van der Waals surface area contributed by atoms with Gasteiger partial charge in [0.25, 0.3) is 0 Å². The lowest BCUT2D eigenvalue weighted by molar-refractivity contribution is -0.116. The van der Waals surface area contributed by atoms with Crippen LogP contribution in [0.2, 0.25) is 0 Å². The summed E-state index contributed by atoms with van der Waals surface area (Å²) in [5.41, 5.74) is 3.02. The molecule has 1 heterocycles. The number of nitrogens with one attached hydrogen (secondary N) is 1. The molecule has 0 unspecified atom stereocenters. The molecule has 0 aliphatic rings. The van der Waals surface area contributed by atoms with Crippen LogP contribution < -0.4 is 10.1 Å². The number of carbonyl (C=O) groups excluding carboxylic acids is 1. The largest absolute Gasteiger partial charge is 0.497 e. The standard InChI is InChI=1S/C21H22N2O2/c1-16-8-10-18(11-9-16)22-21(24)15-20(23-12-3-4-13-23)17-6-5-7-19(14-17)25-2/h3-14,20H,15H2,1-2H3,(H,22,24)/t20-/m1/s1. The molecule has 1 atom stereocenters. The number of aryl methyl sites for hydroxylation is 1. The quantitative estimate of drug-likeness (QED) is 0.725. The van der Waals surface area contributed by atoms with Gasteiger partial charge in [0.2, 0.25) is 5.91 Å². The maximum atomic E-state index is 12.6. The van der Waals surface area contributed by atoms with Crippen molar-refractivity contribution in [2.45, 2.75) is 19.4 Å². The first-order valence-corrected chi connectivity index (χ1v) is 8.28. The summed E-state index contributed by atoms with van der Waals surface area (Å²) in [7, 11) is 1.65. The van der Waals surface area contributed by atoms with Crippen LogP contribution in [0.1, 0.15) is 23.6 Å². The number of hydrogen-bond donors (Lipinski definition) is 1. The molecule has 0 fully saturated rings. The smallest absolute Gasteiger partial charge is 0.226 e. The molecular formula is C21H22N2O2. The van der Waals surface area contributed by atoms with E-state index in [2.05, 4.69) is 5.32 Å². The third-order valence-corrected chi connectivity index (χ3v) is 4.18. The van der Waals surface area contributed by atoms with E-state index in [4.69, 9.17) is 4.74 Å². The number of nitrogens with zero attached hydrogens (tertiary/aromatic N) is 1. The Labute approximate surface area is 148 Å². The maximum Gasteiger partial charge on any atom is 0.226 e. The van der Waals surface area contributed by atoms with Crippen molar-refractivity contribution < 1.29 is 9.53 Å². The highest BCUT2D eigenvalue weighted by Crippen LogP contribution is 2.26. The Balaban J connectivity index is 1.80. The normalized spacial score (nSPS) is 11.8. The van der Waals surface area contributed by atoms with Crippen molar-refractivity contribution in [2.24, 2.45) is 0 Å². The molecule has 0 radical (unpaired) electrons. The number of carbonyl (C=O) groups is 1. The first kappa shape index (κ1) is 16.8. The summed E-state index contributed by atoms with van der Waals surface area (Å²) >= 11 is 0. The van der Waals surface area contributed by atoms with Crippen LogP contribution in [-0.4, -0.2) is 17.6 Å². The molecule has 1 aromatic heterocycles. The van der Waals surface area contributed by atoms with Gasteiger partial charge in [-0.2, -0.15) is 0 Å². The van der Waals surface area contributed by atoms with E-state index in [1.54, 1.807) is 7.11 Å². The molecule has 3 aromatic rings. The number of methoxy groups -OCH3 is 1. The van der Waals surface area contributed by atoms with Crippen LogP contribution in [0.25, 0.3) is 0 Å². The van der Waals surface area contributed by atoms with E-state index in [0.717, 1.165) is 17.0 Å². The Hall–Kier alpha value is -3.01. The summed E-state index contributed by atoms with van der Waals surface area (Å²) in [5.74, 6) is 0.763. The van der Waals surface area contributed by atoms with Crippen molar-refractivity contribution in [3.8, 4) is 5.75 Å². The Morgan fingerprint density at radius 2 is 1.80 bits per heavy atom. The number of hydrogen-bond acceptors (Lipinski definition) is 2. The van der Waals surface area contributed by atoms with Gasteiger partial charge in [-0.15, -0.1) is 0 Å². The number of ether oxygens (including phenoxy) is 1. The summed E-state index contributed by atoms with van der Waals surface area (Å²) in [6.07, 6.45) is 4.29. The molecule has 0 aliphatic carbocycles. The molecule has 25 heavy (non-hydrogen) atoms. The fourth-order valence-corrected chi connectivity index (χ4v) is 2.82. The molecule has 1 amide bonds. The first-order chi connectivity index (χ1) is 12.2. The molecule has 0 saturated heterocycles. The van der Waals surface area contributed by atoms with Crippen molar-refractivity contribution in [1.82, 2.24) is 4.57 Å². The van der Waals surface area contributed by atoms with Gasteiger partial charge in [0.1, 0.15) is 5.75 Å². The highest BCUT2D eigenvalue weighted by Gasteiger charge is 2.18. The van der Waals surface area contributed by atoms with Gasteiger partial charge < -0.3 is 14.6 Å². The lowest BCUT2D eigenvalue weighted by Gasteiger charge is -2.20. The SMILES string of the molecule is COc1cccc([C@@H](CC(=O)Nc2ccc(C)cc2)n2cccc2)c1. The highest BCUT2D eigenvalue weighted by molar-refractivity contribution is 5.91. The van der Waals surface area contributed by atoms with Crippen LogP contribution in [0.3, 0.4) is 0 Å². The second-order valence-corrected chi connectivity index (χ2v) is 6.04. The van der Waals surface area contributed by atoms with Crippen molar-refractivity contribution >= 4 is 11.6 Å². The minimum Gasteiger partial charge on any atom is -0.497 e. The highest BCUT2D eigenvalue weighted by atomic mass is 16.5. The average molecular weight is 334 g/mol. The number of anilines is 1. The van der Waals surface area contributed by atoms with Gasteiger partial charge in [0.05, 0.1) is 19.6 Å². The summed E-state index contributed by atoms with van der Waals surface area (Å²) in [5, 5.41) is 2.98. The number of benzene rings is 2.